The SMILES string of the molecule is ClC1NCCNCCNCCNCC2CCCC1(Cl)N2.[Mn+2]. The van der Waals surface area contributed by atoms with Gasteiger partial charge in [-0.3, -0.25) is 10.6 Å². The summed E-state index contributed by atoms with van der Waals surface area (Å²) in [6.45, 7) is 6.62. The summed E-state index contributed by atoms with van der Waals surface area (Å²) in [5.41, 5.74) is -0.253. The maximum absolute atomic E-state index is 6.69. The monoisotopic (exact) mass is 378 g/mol. The van der Waals surface area contributed by atoms with Crippen LogP contribution in [0.5, 0.6) is 0 Å². The smallest absolute Gasteiger partial charge is 0.314 e. The van der Waals surface area contributed by atoms with Gasteiger partial charge in [-0.1, -0.05) is 11.6 Å². The van der Waals surface area contributed by atoms with E-state index in [4.69, 9.17) is 23.2 Å². The predicted molar refractivity (Wildman–Crippen MR) is 85.6 cm³/mol. The second-order valence-corrected chi connectivity index (χ2v) is 6.73. The van der Waals surface area contributed by atoms with Crippen molar-refractivity contribution in [3.8, 4) is 0 Å². The van der Waals surface area contributed by atoms with Crippen molar-refractivity contribution in [1.29, 1.82) is 0 Å². The van der Waals surface area contributed by atoms with Crippen LogP contribution in [0.15, 0.2) is 0 Å². The molecule has 2 rings (SSSR count). The number of hydrogen-bond donors (Lipinski definition) is 5. The second kappa shape index (κ2) is 10.6. The van der Waals surface area contributed by atoms with Crippen molar-refractivity contribution in [3.05, 3.63) is 0 Å². The van der Waals surface area contributed by atoms with E-state index in [9.17, 15) is 0 Å². The first-order valence-corrected chi connectivity index (χ1v) is 8.48. The van der Waals surface area contributed by atoms with Gasteiger partial charge < -0.3 is 16.0 Å². The fraction of sp³-hybridized carbons (Fsp3) is 1.00. The summed E-state index contributed by atoms with van der Waals surface area (Å²) < 4.78 is 0. The van der Waals surface area contributed by atoms with Gasteiger partial charge in [0.1, 0.15) is 10.5 Å². The van der Waals surface area contributed by atoms with Crippen molar-refractivity contribution in [3.63, 3.8) is 0 Å². The van der Waals surface area contributed by atoms with E-state index in [2.05, 4.69) is 26.6 Å². The van der Waals surface area contributed by atoms with Crippen molar-refractivity contribution in [2.45, 2.75) is 35.8 Å². The van der Waals surface area contributed by atoms with E-state index in [0.29, 0.717) is 6.04 Å². The predicted octanol–water partition coefficient (Wildman–Crippen LogP) is -0.00200. The molecule has 5 N–H and O–H groups in total. The fourth-order valence-electron chi connectivity index (χ4n) is 2.77. The Morgan fingerprint density at radius 1 is 0.905 bits per heavy atom. The Bertz CT molecular complexity index is 287. The summed E-state index contributed by atoms with van der Waals surface area (Å²) in [5.74, 6) is 0. The van der Waals surface area contributed by atoms with Gasteiger partial charge in [-0.2, -0.15) is 0 Å². The molecule has 2 aliphatic heterocycles. The molecule has 0 aromatic heterocycles. The van der Waals surface area contributed by atoms with E-state index in [1.54, 1.807) is 0 Å². The second-order valence-electron chi connectivity index (χ2n) is 5.62. The van der Waals surface area contributed by atoms with Gasteiger partial charge in [0.15, 0.2) is 0 Å². The van der Waals surface area contributed by atoms with Crippen molar-refractivity contribution >= 4 is 23.2 Å². The van der Waals surface area contributed by atoms with Crippen LogP contribution in [0.25, 0.3) is 0 Å². The molecule has 0 spiro atoms. The Balaban J connectivity index is 0.00000220. The standard InChI is InChI=1S/C13H27Cl2N5.Mn/c14-12-13(15)3-1-2-11(20-13)10-18-7-6-16-4-5-17-8-9-19-12;/h11-12,16-20H,1-10H2;/q;+2. The molecular formula is C13H27Cl2MnN5+2. The van der Waals surface area contributed by atoms with Gasteiger partial charge in [0.2, 0.25) is 0 Å². The van der Waals surface area contributed by atoms with Gasteiger partial charge in [-0.05, 0) is 19.3 Å². The molecule has 0 aromatic rings. The van der Waals surface area contributed by atoms with Gasteiger partial charge >= 0.3 is 17.1 Å². The third-order valence-electron chi connectivity index (χ3n) is 3.91. The molecule has 0 amide bonds. The molecule has 3 atom stereocenters. The van der Waals surface area contributed by atoms with E-state index in [-0.39, 0.29) is 22.6 Å². The molecule has 8 heteroatoms. The summed E-state index contributed by atoms with van der Waals surface area (Å²) in [7, 11) is 0. The number of alkyl halides is 2. The molecule has 5 nitrogen and oxygen atoms in total. The zero-order valence-electron chi connectivity index (χ0n) is 12.4. The quantitative estimate of drug-likeness (QED) is 0.233. The third-order valence-corrected chi connectivity index (χ3v) is 5.07. The Morgan fingerprint density at radius 3 is 2.24 bits per heavy atom. The van der Waals surface area contributed by atoms with Gasteiger partial charge in [0.05, 0.1) is 0 Å². The molecule has 0 aliphatic carbocycles. The van der Waals surface area contributed by atoms with Crippen LogP contribution in [-0.2, 0) is 17.1 Å². The molecule has 3 unspecified atom stereocenters. The minimum absolute atomic E-state index is 0. The van der Waals surface area contributed by atoms with E-state index >= 15 is 0 Å². The summed E-state index contributed by atoms with van der Waals surface area (Å²) >= 11 is 13.2. The van der Waals surface area contributed by atoms with Gasteiger partial charge in [0.25, 0.3) is 0 Å². The average molecular weight is 379 g/mol. The summed E-state index contributed by atoms with van der Waals surface area (Å²) in [4.78, 5) is -0.537. The van der Waals surface area contributed by atoms with Crippen molar-refractivity contribution in [1.82, 2.24) is 26.6 Å². The number of rotatable bonds is 0. The number of piperidine rings is 1. The van der Waals surface area contributed by atoms with Crippen LogP contribution in [0.1, 0.15) is 19.3 Å². The van der Waals surface area contributed by atoms with Crippen LogP contribution in [0, 0.1) is 0 Å². The number of nitrogens with one attached hydrogen (secondary N) is 5. The number of fused-ring (bicyclic) bond motifs is 2. The molecule has 123 valence electrons. The maximum Gasteiger partial charge on any atom is 2.00 e. The zero-order chi connectivity index (χ0) is 14.3. The van der Waals surface area contributed by atoms with E-state index in [1.807, 2.05) is 0 Å². The van der Waals surface area contributed by atoms with Crippen molar-refractivity contribution in [2.24, 2.45) is 0 Å². The summed E-state index contributed by atoms with van der Waals surface area (Å²) in [5, 5.41) is 17.1. The minimum Gasteiger partial charge on any atom is -0.314 e. The molecule has 2 aliphatic rings. The van der Waals surface area contributed by atoms with Crippen LogP contribution in [0.3, 0.4) is 0 Å². The maximum atomic E-state index is 6.69. The third kappa shape index (κ3) is 6.90. The minimum atomic E-state index is -0.537. The summed E-state index contributed by atoms with van der Waals surface area (Å²) in [6, 6.07) is 0.396. The number of halogens is 2. The first-order chi connectivity index (χ1) is 9.71. The first kappa shape index (κ1) is 19.9. The molecule has 0 saturated carbocycles. The average Bonchev–Trinajstić information content (AvgIpc) is 2.44. The largest absolute Gasteiger partial charge is 2.00 e. The first-order valence-electron chi connectivity index (χ1n) is 7.67. The normalized spacial score (nSPS) is 36.9. The van der Waals surface area contributed by atoms with Crippen LogP contribution >= 0.6 is 23.2 Å². The van der Waals surface area contributed by atoms with Gasteiger partial charge in [-0.25, -0.2) is 0 Å². The van der Waals surface area contributed by atoms with Gasteiger partial charge in [-0.15, -0.1) is 11.6 Å². The molecular weight excluding hydrogens is 352 g/mol. The van der Waals surface area contributed by atoms with Crippen LogP contribution < -0.4 is 26.6 Å². The zero-order valence-corrected chi connectivity index (χ0v) is 15.1. The van der Waals surface area contributed by atoms with E-state index in [1.165, 1.54) is 0 Å². The molecule has 2 saturated heterocycles. The Kier molecular flexibility index (Phi) is 10.1. The number of hydrogen-bond acceptors (Lipinski definition) is 5. The molecule has 1 radical (unpaired) electrons. The Labute approximate surface area is 148 Å². The van der Waals surface area contributed by atoms with Crippen LogP contribution in [-0.4, -0.2) is 62.4 Å². The molecule has 2 bridgehead atoms. The molecule has 0 aromatic carbocycles. The van der Waals surface area contributed by atoms with Crippen molar-refractivity contribution in [2.75, 3.05) is 45.8 Å². The fourth-order valence-corrected chi connectivity index (χ4v) is 3.42. The topological polar surface area (TPSA) is 60.1 Å². The van der Waals surface area contributed by atoms with Crippen LogP contribution in [0.2, 0.25) is 0 Å². The Hall–Kier alpha value is 0.899. The molecule has 2 fully saturated rings. The van der Waals surface area contributed by atoms with Gasteiger partial charge in [0, 0.05) is 51.9 Å². The van der Waals surface area contributed by atoms with Crippen LogP contribution in [0.4, 0.5) is 0 Å². The van der Waals surface area contributed by atoms with E-state index < -0.39 is 5.00 Å². The summed E-state index contributed by atoms with van der Waals surface area (Å²) in [6.07, 6.45) is 3.17. The van der Waals surface area contributed by atoms with E-state index in [0.717, 1.165) is 65.1 Å². The van der Waals surface area contributed by atoms with Crippen molar-refractivity contribution < 1.29 is 17.1 Å². The Morgan fingerprint density at radius 2 is 1.52 bits per heavy atom. The molecule has 21 heavy (non-hydrogen) atoms. The molecule has 2 heterocycles.